The molecule has 1 aromatic heterocycles. The van der Waals surface area contributed by atoms with Crippen LogP contribution in [0.4, 0.5) is 0 Å². The molecule has 0 spiro atoms. The lowest BCUT2D eigenvalue weighted by Gasteiger charge is -2.42. The minimum Gasteiger partial charge on any atom is -0.304 e. The summed E-state index contributed by atoms with van der Waals surface area (Å²) in [6.07, 6.45) is 5.92. The van der Waals surface area contributed by atoms with Crippen molar-refractivity contribution in [1.82, 2.24) is 24.5 Å². The molecule has 2 aliphatic rings. The van der Waals surface area contributed by atoms with E-state index in [1.807, 2.05) is 0 Å². The Balaban J connectivity index is 1.47. The Hall–Kier alpha value is -0.910. The molecule has 1 atom stereocenters. The first-order valence-corrected chi connectivity index (χ1v) is 10.2. The number of nitrogens with zero attached hydrogens (tertiary/aromatic N) is 5. The van der Waals surface area contributed by atoms with Crippen molar-refractivity contribution < 1.29 is 0 Å². The van der Waals surface area contributed by atoms with Crippen LogP contribution in [0.5, 0.6) is 0 Å². The molecule has 1 aromatic rings. The number of piperidine rings is 1. The van der Waals surface area contributed by atoms with Crippen molar-refractivity contribution in [2.45, 2.75) is 59.2 Å². The highest BCUT2D eigenvalue weighted by atomic mass is 15.3. The molecule has 3 heterocycles. The Morgan fingerprint density at radius 2 is 1.80 bits per heavy atom. The maximum Gasteiger partial charge on any atom is 0.0537 e. The van der Waals surface area contributed by atoms with Crippen LogP contribution in [0.3, 0.4) is 0 Å². The highest BCUT2D eigenvalue weighted by Gasteiger charge is 2.29. The van der Waals surface area contributed by atoms with E-state index in [-0.39, 0.29) is 0 Å². The van der Waals surface area contributed by atoms with Crippen molar-refractivity contribution in [3.05, 3.63) is 17.5 Å². The average Bonchev–Trinajstić information content (AvgIpc) is 2.96. The second-order valence-electron chi connectivity index (χ2n) is 8.17. The van der Waals surface area contributed by atoms with Gasteiger partial charge in [-0.3, -0.25) is 14.5 Å². The number of likely N-dealkylation sites (N-methyl/N-ethyl adjacent to an activating group) is 1. The molecule has 0 amide bonds. The molecule has 0 radical (unpaired) electrons. The highest BCUT2D eigenvalue weighted by Crippen LogP contribution is 2.26. The maximum absolute atomic E-state index is 4.56. The summed E-state index contributed by atoms with van der Waals surface area (Å²) in [7, 11) is 2.24. The van der Waals surface area contributed by atoms with E-state index in [9.17, 15) is 0 Å². The third kappa shape index (κ3) is 4.63. The number of likely N-dealkylation sites (tertiary alicyclic amines) is 1. The van der Waals surface area contributed by atoms with E-state index >= 15 is 0 Å². The molecule has 5 nitrogen and oxygen atoms in total. The van der Waals surface area contributed by atoms with Crippen molar-refractivity contribution in [2.24, 2.45) is 5.92 Å². The van der Waals surface area contributed by atoms with Crippen LogP contribution in [-0.2, 0) is 13.1 Å². The Bertz CT molecular complexity index is 524. The predicted molar refractivity (Wildman–Crippen MR) is 104 cm³/mol. The zero-order chi connectivity index (χ0) is 17.8. The quantitative estimate of drug-likeness (QED) is 0.790. The summed E-state index contributed by atoms with van der Waals surface area (Å²) < 4.78 is 2.16. The lowest BCUT2D eigenvalue weighted by Crippen LogP contribution is -2.51. The molecule has 2 fully saturated rings. The van der Waals surface area contributed by atoms with Crippen LogP contribution in [0, 0.1) is 12.8 Å². The number of piperazine rings is 1. The Morgan fingerprint density at radius 3 is 2.44 bits per heavy atom. The normalized spacial score (nSPS) is 23.2. The van der Waals surface area contributed by atoms with Gasteiger partial charge in [0.1, 0.15) is 0 Å². The lowest BCUT2D eigenvalue weighted by molar-refractivity contribution is 0.0598. The molecular formula is C20H37N5. The van der Waals surface area contributed by atoms with Gasteiger partial charge in [0.05, 0.1) is 6.20 Å². The SMILES string of the molecule is CCCn1ncc(CN2CCC([C@@H](C)N3CCN(C)CC3)CC2)c1C. The van der Waals surface area contributed by atoms with Crippen molar-refractivity contribution >= 4 is 0 Å². The summed E-state index contributed by atoms with van der Waals surface area (Å²) in [4.78, 5) is 7.81. The minimum absolute atomic E-state index is 0.741. The fourth-order valence-corrected chi connectivity index (χ4v) is 4.44. The van der Waals surface area contributed by atoms with Crippen LogP contribution in [0.2, 0.25) is 0 Å². The molecule has 0 aliphatic carbocycles. The predicted octanol–water partition coefficient (Wildman–Crippen LogP) is 2.45. The molecule has 2 saturated heterocycles. The van der Waals surface area contributed by atoms with Gasteiger partial charge in [-0.15, -0.1) is 0 Å². The number of rotatable bonds is 6. The summed E-state index contributed by atoms with van der Waals surface area (Å²) in [5, 5.41) is 4.56. The van der Waals surface area contributed by atoms with Crippen molar-refractivity contribution in [2.75, 3.05) is 46.3 Å². The molecule has 2 aliphatic heterocycles. The third-order valence-electron chi connectivity index (χ3n) is 6.46. The number of hydrogen-bond donors (Lipinski definition) is 0. The van der Waals surface area contributed by atoms with Crippen LogP contribution < -0.4 is 0 Å². The van der Waals surface area contributed by atoms with Gasteiger partial charge >= 0.3 is 0 Å². The molecule has 5 heteroatoms. The van der Waals surface area contributed by atoms with E-state index < -0.39 is 0 Å². The molecule has 25 heavy (non-hydrogen) atoms. The van der Waals surface area contributed by atoms with Crippen LogP contribution in [0.1, 0.15) is 44.4 Å². The van der Waals surface area contributed by atoms with Crippen LogP contribution in [0.15, 0.2) is 6.20 Å². The van der Waals surface area contributed by atoms with Crippen LogP contribution in [-0.4, -0.2) is 76.8 Å². The second kappa shape index (κ2) is 8.65. The van der Waals surface area contributed by atoms with Gasteiger partial charge in [0.15, 0.2) is 0 Å². The van der Waals surface area contributed by atoms with E-state index in [2.05, 4.69) is 58.5 Å². The van der Waals surface area contributed by atoms with Gasteiger partial charge in [0, 0.05) is 56.6 Å². The Kier molecular flexibility index (Phi) is 6.53. The number of hydrogen-bond acceptors (Lipinski definition) is 4. The first kappa shape index (κ1) is 18.9. The number of aryl methyl sites for hydroxylation is 1. The first-order chi connectivity index (χ1) is 12.1. The monoisotopic (exact) mass is 347 g/mol. The van der Waals surface area contributed by atoms with Gasteiger partial charge in [-0.2, -0.15) is 5.10 Å². The van der Waals surface area contributed by atoms with Gasteiger partial charge in [-0.05, 0) is 59.2 Å². The Morgan fingerprint density at radius 1 is 1.12 bits per heavy atom. The molecule has 142 valence electrons. The highest BCUT2D eigenvalue weighted by molar-refractivity contribution is 5.16. The van der Waals surface area contributed by atoms with Gasteiger partial charge in [0.2, 0.25) is 0 Å². The molecular weight excluding hydrogens is 310 g/mol. The summed E-state index contributed by atoms with van der Waals surface area (Å²) in [5.41, 5.74) is 2.77. The molecule has 0 aromatic carbocycles. The summed E-state index contributed by atoms with van der Waals surface area (Å²) in [5.74, 6) is 0.864. The Labute approximate surface area is 154 Å². The first-order valence-electron chi connectivity index (χ1n) is 10.2. The van der Waals surface area contributed by atoms with Crippen LogP contribution in [0.25, 0.3) is 0 Å². The fraction of sp³-hybridized carbons (Fsp3) is 0.850. The van der Waals surface area contributed by atoms with E-state index in [1.165, 1.54) is 63.4 Å². The maximum atomic E-state index is 4.56. The summed E-state index contributed by atoms with van der Waals surface area (Å²) in [6.45, 7) is 16.4. The number of aromatic nitrogens is 2. The van der Waals surface area contributed by atoms with Crippen molar-refractivity contribution in [1.29, 1.82) is 0 Å². The molecule has 0 bridgehead atoms. The summed E-state index contributed by atoms with van der Waals surface area (Å²) in [6, 6.07) is 0.741. The molecule has 0 N–H and O–H groups in total. The smallest absolute Gasteiger partial charge is 0.0537 e. The minimum atomic E-state index is 0.741. The third-order valence-corrected chi connectivity index (χ3v) is 6.46. The molecule has 0 saturated carbocycles. The van der Waals surface area contributed by atoms with Gasteiger partial charge in [-0.1, -0.05) is 6.92 Å². The largest absolute Gasteiger partial charge is 0.304 e. The zero-order valence-electron chi connectivity index (χ0n) is 16.7. The van der Waals surface area contributed by atoms with E-state index in [4.69, 9.17) is 0 Å². The molecule has 3 rings (SSSR count). The summed E-state index contributed by atoms with van der Waals surface area (Å²) >= 11 is 0. The standard InChI is InChI=1S/C20H37N5/c1-5-8-25-18(3)20(15-21-25)16-23-9-6-19(7-10-23)17(2)24-13-11-22(4)12-14-24/h15,17,19H,5-14,16H2,1-4H3/t17-/m1/s1. The second-order valence-corrected chi connectivity index (χ2v) is 8.17. The average molecular weight is 348 g/mol. The zero-order valence-corrected chi connectivity index (χ0v) is 16.7. The van der Waals surface area contributed by atoms with Gasteiger partial charge in [0.25, 0.3) is 0 Å². The van der Waals surface area contributed by atoms with Crippen LogP contribution >= 0.6 is 0 Å². The van der Waals surface area contributed by atoms with Crippen molar-refractivity contribution in [3.8, 4) is 0 Å². The van der Waals surface area contributed by atoms with Gasteiger partial charge in [-0.25, -0.2) is 0 Å². The van der Waals surface area contributed by atoms with Gasteiger partial charge < -0.3 is 4.90 Å². The lowest BCUT2D eigenvalue weighted by atomic mass is 9.89. The van der Waals surface area contributed by atoms with Crippen molar-refractivity contribution in [3.63, 3.8) is 0 Å². The van der Waals surface area contributed by atoms with E-state index in [0.717, 1.165) is 31.5 Å². The molecule has 0 unspecified atom stereocenters. The van der Waals surface area contributed by atoms with E-state index in [1.54, 1.807) is 0 Å². The fourth-order valence-electron chi connectivity index (χ4n) is 4.44. The van der Waals surface area contributed by atoms with E-state index in [0.29, 0.717) is 0 Å². The topological polar surface area (TPSA) is 27.5 Å².